The summed E-state index contributed by atoms with van der Waals surface area (Å²) in [5, 5.41) is 3.16. The fourth-order valence-corrected chi connectivity index (χ4v) is 2.79. The molecule has 1 aliphatic rings. The highest BCUT2D eigenvalue weighted by Gasteiger charge is 2.24. The van der Waals surface area contributed by atoms with Crippen molar-refractivity contribution in [1.82, 2.24) is 5.32 Å². The van der Waals surface area contributed by atoms with Crippen molar-refractivity contribution in [3.05, 3.63) is 69.9 Å². The van der Waals surface area contributed by atoms with Gasteiger partial charge in [-0.2, -0.15) is 0 Å². The highest BCUT2D eigenvalue weighted by Crippen LogP contribution is 2.32. The van der Waals surface area contributed by atoms with Crippen LogP contribution in [0.4, 0.5) is 4.39 Å². The van der Waals surface area contributed by atoms with Gasteiger partial charge in [-0.1, -0.05) is 40.2 Å². The van der Waals surface area contributed by atoms with Crippen LogP contribution in [0.1, 0.15) is 29.6 Å². The van der Waals surface area contributed by atoms with Gasteiger partial charge in [-0.15, -0.1) is 0 Å². The molecule has 0 amide bonds. The molecule has 0 aliphatic carbocycles. The zero-order valence-corrected chi connectivity index (χ0v) is 12.8. The second kappa shape index (κ2) is 5.85. The monoisotopic (exact) mass is 347 g/mol. The number of hydrogen-bond donors (Lipinski definition) is 2. The van der Waals surface area contributed by atoms with Gasteiger partial charge in [-0.3, -0.25) is 0 Å². The Morgan fingerprint density at radius 3 is 2.33 bits per heavy atom. The zero-order valence-electron chi connectivity index (χ0n) is 11.3. The van der Waals surface area contributed by atoms with Crippen LogP contribution in [0.2, 0.25) is 0 Å². The lowest BCUT2D eigenvalue weighted by molar-refractivity contribution is 0.486. The van der Waals surface area contributed by atoms with Crippen molar-refractivity contribution in [1.29, 1.82) is 0 Å². The van der Waals surface area contributed by atoms with Crippen LogP contribution >= 0.6 is 15.9 Å². The van der Waals surface area contributed by atoms with Gasteiger partial charge < -0.3 is 11.1 Å². The maximum Gasteiger partial charge on any atom is 0.189 e. The quantitative estimate of drug-likeness (QED) is 0.870. The minimum absolute atomic E-state index is 0.00871. The van der Waals surface area contributed by atoms with Crippen molar-refractivity contribution in [2.45, 2.75) is 18.5 Å². The largest absolute Gasteiger partial charge is 0.370 e. The molecule has 0 aromatic heterocycles. The van der Waals surface area contributed by atoms with E-state index < -0.39 is 0 Å². The van der Waals surface area contributed by atoms with Gasteiger partial charge >= 0.3 is 0 Å². The Morgan fingerprint density at radius 2 is 1.67 bits per heavy atom. The van der Waals surface area contributed by atoms with Crippen LogP contribution < -0.4 is 11.1 Å². The first-order valence-electron chi connectivity index (χ1n) is 6.72. The third-order valence-corrected chi connectivity index (χ3v) is 4.13. The van der Waals surface area contributed by atoms with E-state index in [1.165, 1.54) is 12.1 Å². The number of nitrogens with two attached hydrogens (primary N) is 1. The maximum atomic E-state index is 13.0. The molecule has 1 aliphatic heterocycles. The Morgan fingerprint density at radius 1 is 1.05 bits per heavy atom. The molecule has 0 fully saturated rings. The third kappa shape index (κ3) is 3.24. The summed E-state index contributed by atoms with van der Waals surface area (Å²) in [6.45, 7) is 0. The summed E-state index contributed by atoms with van der Waals surface area (Å²) in [6, 6.07) is 14.6. The summed E-state index contributed by atoms with van der Waals surface area (Å²) < 4.78 is 14.1. The second-order valence-electron chi connectivity index (χ2n) is 5.07. The lowest BCUT2D eigenvalue weighted by Crippen LogP contribution is -2.39. The minimum atomic E-state index is -0.236. The van der Waals surface area contributed by atoms with Gasteiger partial charge in [0, 0.05) is 4.47 Å². The summed E-state index contributed by atoms with van der Waals surface area (Å²) >= 11 is 3.43. The lowest BCUT2D eigenvalue weighted by atomic mass is 9.94. The van der Waals surface area contributed by atoms with Crippen LogP contribution in [0, 0.1) is 5.82 Å². The van der Waals surface area contributed by atoms with Crippen LogP contribution in [0.15, 0.2) is 58.0 Å². The van der Waals surface area contributed by atoms with E-state index in [2.05, 4.69) is 26.2 Å². The van der Waals surface area contributed by atoms with E-state index >= 15 is 0 Å². The number of nitrogens with zero attached hydrogens (tertiary/aromatic N) is 1. The summed E-state index contributed by atoms with van der Waals surface area (Å²) in [5.41, 5.74) is 8.04. The van der Waals surface area contributed by atoms with Crippen molar-refractivity contribution in [3.63, 3.8) is 0 Å². The van der Waals surface area contributed by atoms with Crippen LogP contribution in [0.3, 0.4) is 0 Å². The average molecular weight is 348 g/mol. The smallest absolute Gasteiger partial charge is 0.189 e. The molecule has 1 heterocycles. The van der Waals surface area contributed by atoms with Gasteiger partial charge in [0.1, 0.15) is 5.82 Å². The van der Waals surface area contributed by atoms with Gasteiger partial charge in [-0.25, -0.2) is 9.38 Å². The van der Waals surface area contributed by atoms with Crippen molar-refractivity contribution in [3.8, 4) is 0 Å². The number of halogens is 2. The minimum Gasteiger partial charge on any atom is -0.370 e. The van der Waals surface area contributed by atoms with Crippen LogP contribution in [0.5, 0.6) is 0 Å². The molecule has 0 spiro atoms. The molecule has 2 aromatic carbocycles. The van der Waals surface area contributed by atoms with E-state index in [0.717, 1.165) is 22.0 Å². The molecule has 5 heteroatoms. The molecule has 21 heavy (non-hydrogen) atoms. The predicted molar refractivity (Wildman–Crippen MR) is 85.4 cm³/mol. The van der Waals surface area contributed by atoms with Gasteiger partial charge in [-0.05, 0) is 41.8 Å². The molecule has 0 bridgehead atoms. The highest BCUT2D eigenvalue weighted by molar-refractivity contribution is 9.10. The van der Waals surface area contributed by atoms with Crippen LogP contribution in [0.25, 0.3) is 0 Å². The summed E-state index contributed by atoms with van der Waals surface area (Å²) in [5.74, 6) is 0.184. The Labute approximate surface area is 131 Å². The zero-order chi connectivity index (χ0) is 14.8. The van der Waals surface area contributed by atoms with E-state index in [1.54, 1.807) is 12.1 Å². The van der Waals surface area contributed by atoms with E-state index in [1.807, 2.05) is 24.3 Å². The molecular formula is C16H15BrFN3. The van der Waals surface area contributed by atoms with Gasteiger partial charge in [0.05, 0.1) is 12.1 Å². The van der Waals surface area contributed by atoms with Crippen molar-refractivity contribution in [2.24, 2.45) is 10.7 Å². The first-order chi connectivity index (χ1) is 10.1. The molecule has 0 saturated carbocycles. The number of benzene rings is 2. The lowest BCUT2D eigenvalue weighted by Gasteiger charge is -2.28. The molecule has 2 unspecified atom stereocenters. The third-order valence-electron chi connectivity index (χ3n) is 3.60. The molecule has 0 saturated heterocycles. The molecule has 2 atom stereocenters. The van der Waals surface area contributed by atoms with Crippen LogP contribution in [-0.2, 0) is 0 Å². The van der Waals surface area contributed by atoms with Crippen molar-refractivity contribution >= 4 is 21.9 Å². The standard InChI is InChI=1S/C16H15BrFN3/c17-12-5-1-10(2-6-12)14-9-15(21-16(19)20-14)11-3-7-13(18)8-4-11/h1-8,14-15H,9H2,(H3,19,20,21). The van der Waals surface area contributed by atoms with Crippen LogP contribution in [-0.4, -0.2) is 5.96 Å². The summed E-state index contributed by atoms with van der Waals surface area (Å²) in [7, 11) is 0. The van der Waals surface area contributed by atoms with Crippen molar-refractivity contribution < 1.29 is 4.39 Å². The molecule has 3 N–H and O–H groups in total. The Kier molecular flexibility index (Phi) is 3.92. The van der Waals surface area contributed by atoms with E-state index in [9.17, 15) is 4.39 Å². The maximum absolute atomic E-state index is 13.0. The van der Waals surface area contributed by atoms with Gasteiger partial charge in [0.2, 0.25) is 0 Å². The van der Waals surface area contributed by atoms with E-state index in [4.69, 9.17) is 5.73 Å². The molecule has 108 valence electrons. The molecular weight excluding hydrogens is 333 g/mol. The average Bonchev–Trinajstić information content (AvgIpc) is 2.48. The fourth-order valence-electron chi connectivity index (χ4n) is 2.53. The molecule has 3 nitrogen and oxygen atoms in total. The molecule has 2 aromatic rings. The number of nitrogens with one attached hydrogen (secondary N) is 1. The van der Waals surface area contributed by atoms with Gasteiger partial charge in [0.25, 0.3) is 0 Å². The SMILES string of the molecule is NC1=NC(c2ccc(Br)cc2)CC(c2ccc(F)cc2)N1. The summed E-state index contributed by atoms with van der Waals surface area (Å²) in [6.07, 6.45) is 0.786. The first-order valence-corrected chi connectivity index (χ1v) is 7.52. The van der Waals surface area contributed by atoms with Gasteiger partial charge in [0.15, 0.2) is 5.96 Å². The Bertz CT molecular complexity index is 652. The molecule has 3 rings (SSSR count). The topological polar surface area (TPSA) is 50.4 Å². The Balaban J connectivity index is 1.85. The number of guanidine groups is 1. The summed E-state index contributed by atoms with van der Waals surface area (Å²) in [4.78, 5) is 4.47. The van der Waals surface area contributed by atoms with Crippen molar-refractivity contribution in [2.75, 3.05) is 0 Å². The number of hydrogen-bond acceptors (Lipinski definition) is 3. The van der Waals surface area contributed by atoms with E-state index in [0.29, 0.717) is 5.96 Å². The highest BCUT2D eigenvalue weighted by atomic mass is 79.9. The van der Waals surface area contributed by atoms with E-state index in [-0.39, 0.29) is 17.9 Å². The molecule has 0 radical (unpaired) electrons. The predicted octanol–water partition coefficient (Wildman–Crippen LogP) is 3.68. The second-order valence-corrected chi connectivity index (χ2v) is 5.98. The fraction of sp³-hybridized carbons (Fsp3) is 0.188. The number of rotatable bonds is 2. The number of aliphatic imine (C=N–C) groups is 1. The Hall–Kier alpha value is -1.88. The normalized spacial score (nSPS) is 21.5. The first kappa shape index (κ1) is 14.1.